The van der Waals surface area contributed by atoms with Crippen LogP contribution < -0.4 is 0 Å². The number of rotatable bonds is 1. The highest BCUT2D eigenvalue weighted by atomic mass is 79.9. The molecule has 0 radical (unpaired) electrons. The van der Waals surface area contributed by atoms with E-state index >= 15 is 0 Å². The molecule has 0 N–H and O–H groups in total. The van der Waals surface area contributed by atoms with Crippen LogP contribution in [0.25, 0.3) is 0 Å². The third-order valence-electron chi connectivity index (χ3n) is 0.997. The predicted molar refractivity (Wildman–Crippen MR) is 49.0 cm³/mol. The topological polar surface area (TPSA) is 0 Å². The van der Waals surface area contributed by atoms with Crippen molar-refractivity contribution in [3.05, 3.63) is 35.9 Å². The summed E-state index contributed by atoms with van der Waals surface area (Å²) in [4.78, 5) is 0. The Labute approximate surface area is 66.0 Å². The molecule has 0 saturated heterocycles. The van der Waals surface area contributed by atoms with Crippen molar-refractivity contribution >= 4 is 24.3 Å². The number of benzene rings is 1. The van der Waals surface area contributed by atoms with Crippen molar-refractivity contribution in [2.24, 2.45) is 0 Å². The molecule has 48 valence electrons. The molecule has 1 aromatic rings. The summed E-state index contributed by atoms with van der Waals surface area (Å²) in [7, 11) is 0. The minimum absolute atomic E-state index is 0. The van der Waals surface area contributed by atoms with E-state index in [1.165, 1.54) is 5.56 Å². The van der Waals surface area contributed by atoms with E-state index in [1.54, 1.807) is 0 Å². The molecular weight excluding hydrogens is 175 g/mol. The Hall–Kier alpha value is -0.235. The lowest BCUT2D eigenvalue weighted by Gasteiger charge is -1.88. The van der Waals surface area contributed by atoms with E-state index < -0.39 is 0 Å². The van der Waals surface area contributed by atoms with E-state index in [0.717, 1.165) is 5.33 Å². The molecule has 0 saturated carbocycles. The fourth-order valence-corrected chi connectivity index (χ4v) is 0.941. The highest BCUT2D eigenvalue weighted by Crippen LogP contribution is 2.02. The molecule has 0 aliphatic carbocycles. The van der Waals surface area contributed by atoms with Crippen molar-refractivity contribution in [1.82, 2.24) is 0 Å². The Morgan fingerprint density at radius 1 is 1.11 bits per heavy atom. The van der Waals surface area contributed by atoms with Crippen LogP contribution in [0.3, 0.4) is 0 Å². The van der Waals surface area contributed by atoms with E-state index in [4.69, 9.17) is 0 Å². The van der Waals surface area contributed by atoms with Crippen LogP contribution in [0.4, 0.5) is 0 Å². The van der Waals surface area contributed by atoms with Gasteiger partial charge in [0.05, 0.1) is 8.41 Å². The van der Waals surface area contributed by atoms with Crippen LogP contribution in [-0.2, 0) is 5.33 Å². The van der Waals surface area contributed by atoms with Gasteiger partial charge in [-0.15, -0.1) is 0 Å². The standard InChI is InChI=1S/C7H7Br.BH3/c8-6-7-4-2-1-3-5-7;/h1-5H,6H2;1H3. The molecule has 0 aromatic heterocycles. The van der Waals surface area contributed by atoms with Gasteiger partial charge in [-0.3, -0.25) is 0 Å². The van der Waals surface area contributed by atoms with E-state index in [0.29, 0.717) is 0 Å². The van der Waals surface area contributed by atoms with Gasteiger partial charge in [-0.1, -0.05) is 46.3 Å². The third kappa shape index (κ3) is 2.71. The first-order valence-electron chi connectivity index (χ1n) is 2.53. The van der Waals surface area contributed by atoms with Gasteiger partial charge in [0.15, 0.2) is 0 Å². The summed E-state index contributed by atoms with van der Waals surface area (Å²) < 4.78 is 0. The Morgan fingerprint density at radius 3 is 2.00 bits per heavy atom. The molecule has 0 aliphatic rings. The molecule has 0 heterocycles. The quantitative estimate of drug-likeness (QED) is 0.458. The predicted octanol–water partition coefficient (Wildman–Crippen LogP) is 1.40. The Bertz CT molecular complexity index is 150. The summed E-state index contributed by atoms with van der Waals surface area (Å²) in [6, 6.07) is 10.3. The number of hydrogen-bond acceptors (Lipinski definition) is 0. The second-order valence-electron chi connectivity index (χ2n) is 1.62. The zero-order valence-corrected chi connectivity index (χ0v) is 6.06. The Balaban J connectivity index is 0.000000640. The monoisotopic (exact) mass is 184 g/mol. The van der Waals surface area contributed by atoms with Crippen molar-refractivity contribution in [2.75, 3.05) is 0 Å². The smallest absolute Gasteiger partial charge is 0.0814 e. The van der Waals surface area contributed by atoms with Crippen molar-refractivity contribution in [2.45, 2.75) is 5.33 Å². The summed E-state index contributed by atoms with van der Waals surface area (Å²) in [5.41, 5.74) is 1.33. The summed E-state index contributed by atoms with van der Waals surface area (Å²) in [6.45, 7) is 0. The second kappa shape index (κ2) is 4.63. The molecule has 1 aromatic carbocycles. The van der Waals surface area contributed by atoms with Gasteiger partial charge in [-0.05, 0) is 5.56 Å². The fraction of sp³-hybridized carbons (Fsp3) is 0.143. The second-order valence-corrected chi connectivity index (χ2v) is 2.18. The Kier molecular flexibility index (Phi) is 4.50. The highest BCUT2D eigenvalue weighted by Gasteiger charge is 1.81. The zero-order valence-electron chi connectivity index (χ0n) is 4.47. The van der Waals surface area contributed by atoms with Gasteiger partial charge in [0, 0.05) is 5.33 Å². The average molecular weight is 185 g/mol. The highest BCUT2D eigenvalue weighted by molar-refractivity contribution is 9.08. The van der Waals surface area contributed by atoms with Gasteiger partial charge in [-0.2, -0.15) is 0 Å². The largest absolute Gasteiger partial charge is 0.0876 e. The first-order valence-corrected chi connectivity index (χ1v) is 3.65. The number of halogens is 1. The van der Waals surface area contributed by atoms with E-state index in [9.17, 15) is 0 Å². The number of hydrogen-bond donors (Lipinski definition) is 0. The van der Waals surface area contributed by atoms with Gasteiger partial charge in [0.1, 0.15) is 0 Å². The normalized spacial score (nSPS) is 8.11. The molecule has 0 bridgehead atoms. The van der Waals surface area contributed by atoms with E-state index in [-0.39, 0.29) is 8.41 Å². The minimum atomic E-state index is 0. The molecule has 2 heteroatoms. The maximum atomic E-state index is 3.36. The van der Waals surface area contributed by atoms with Crippen molar-refractivity contribution < 1.29 is 0 Å². The third-order valence-corrected chi connectivity index (χ3v) is 1.64. The summed E-state index contributed by atoms with van der Waals surface area (Å²) >= 11 is 3.36. The summed E-state index contributed by atoms with van der Waals surface area (Å²) in [5, 5.41) is 0.952. The van der Waals surface area contributed by atoms with Crippen LogP contribution in [0.5, 0.6) is 0 Å². The lowest BCUT2D eigenvalue weighted by molar-refractivity contribution is 1.44. The maximum Gasteiger partial charge on any atom is 0.0814 e. The van der Waals surface area contributed by atoms with Crippen LogP contribution >= 0.6 is 15.9 Å². The van der Waals surface area contributed by atoms with Crippen LogP contribution in [0.2, 0.25) is 0 Å². The maximum absolute atomic E-state index is 3.36. The van der Waals surface area contributed by atoms with Crippen molar-refractivity contribution in [1.29, 1.82) is 0 Å². The lowest BCUT2D eigenvalue weighted by atomic mass is 10.2. The molecular formula is C7H10BBr. The fourth-order valence-electron chi connectivity index (χ4n) is 0.567. The van der Waals surface area contributed by atoms with E-state index in [2.05, 4.69) is 28.1 Å². The Morgan fingerprint density at radius 2 is 1.67 bits per heavy atom. The number of alkyl halides is 1. The van der Waals surface area contributed by atoms with Crippen molar-refractivity contribution in [3.63, 3.8) is 0 Å². The minimum Gasteiger partial charge on any atom is -0.0876 e. The molecule has 1 rings (SSSR count). The van der Waals surface area contributed by atoms with Crippen LogP contribution in [0, 0.1) is 0 Å². The lowest BCUT2D eigenvalue weighted by Crippen LogP contribution is -1.70. The molecule has 0 amide bonds. The summed E-state index contributed by atoms with van der Waals surface area (Å²) in [5.74, 6) is 0. The van der Waals surface area contributed by atoms with Gasteiger partial charge in [-0.25, -0.2) is 0 Å². The SMILES string of the molecule is B.BrCc1ccccc1. The zero-order chi connectivity index (χ0) is 5.82. The molecule has 0 atom stereocenters. The molecule has 0 spiro atoms. The van der Waals surface area contributed by atoms with Crippen LogP contribution in [-0.4, -0.2) is 8.41 Å². The van der Waals surface area contributed by atoms with Crippen molar-refractivity contribution in [3.8, 4) is 0 Å². The molecule has 0 aliphatic heterocycles. The van der Waals surface area contributed by atoms with Crippen LogP contribution in [0.1, 0.15) is 5.56 Å². The van der Waals surface area contributed by atoms with Gasteiger partial charge in [0.2, 0.25) is 0 Å². The first-order chi connectivity index (χ1) is 3.93. The van der Waals surface area contributed by atoms with Gasteiger partial charge < -0.3 is 0 Å². The average Bonchev–Trinajstić information content (AvgIpc) is 1.90. The van der Waals surface area contributed by atoms with E-state index in [1.807, 2.05) is 18.2 Å². The van der Waals surface area contributed by atoms with Gasteiger partial charge >= 0.3 is 0 Å². The molecule has 9 heavy (non-hydrogen) atoms. The molecule has 0 nitrogen and oxygen atoms in total. The van der Waals surface area contributed by atoms with Gasteiger partial charge in [0.25, 0.3) is 0 Å². The molecule has 0 unspecified atom stereocenters. The first kappa shape index (κ1) is 8.76. The molecule has 0 fully saturated rings. The van der Waals surface area contributed by atoms with Crippen LogP contribution in [0.15, 0.2) is 30.3 Å². The summed E-state index contributed by atoms with van der Waals surface area (Å²) in [6.07, 6.45) is 0.